The smallest absolute Gasteiger partial charge is 0.411 e. The van der Waals surface area contributed by atoms with Gasteiger partial charge in [0.15, 0.2) is 4.87 Å². The third kappa shape index (κ3) is 2.09. The largest absolute Gasteiger partial charge is 0.478 e. The molecule has 0 saturated carbocycles. The summed E-state index contributed by atoms with van der Waals surface area (Å²) in [5.74, 6) is -1.37. The fraction of sp³-hybridized carbons (Fsp3) is 0.375. The zero-order valence-corrected chi connectivity index (χ0v) is 8.06. The number of carboxylic acid groups (broad SMARTS) is 1. The van der Waals surface area contributed by atoms with Gasteiger partial charge < -0.3 is 10.8 Å². The van der Waals surface area contributed by atoms with Crippen LogP contribution >= 0.6 is 11.6 Å². The van der Waals surface area contributed by atoms with Crippen LogP contribution in [0.15, 0.2) is 23.4 Å². The highest BCUT2D eigenvalue weighted by molar-refractivity contribution is 6.26. The Hall–Kier alpha value is -1.17. The van der Waals surface area contributed by atoms with Crippen molar-refractivity contribution in [2.24, 2.45) is 5.73 Å². The Balaban J connectivity index is 3.05. The molecule has 15 heavy (non-hydrogen) atoms. The minimum absolute atomic E-state index is 0.351. The number of hydrogen-bond donors (Lipinski definition) is 2. The van der Waals surface area contributed by atoms with Gasteiger partial charge in [-0.25, -0.2) is 4.79 Å². The number of rotatable bonds is 1. The van der Waals surface area contributed by atoms with Crippen molar-refractivity contribution in [3.8, 4) is 0 Å². The van der Waals surface area contributed by atoms with Gasteiger partial charge in [0.25, 0.3) is 0 Å². The third-order valence-corrected chi connectivity index (χ3v) is 2.48. The Labute approximate surface area is 88.0 Å². The standard InChI is InChI=1S/C8H7ClF3NO2/c9-7(8(10,11)12)2-1-4(6(14)15)5(13)3-7/h1-2H,3,13H2,(H,14,15). The van der Waals surface area contributed by atoms with Crippen molar-refractivity contribution < 1.29 is 23.1 Å². The molecule has 0 radical (unpaired) electrons. The topological polar surface area (TPSA) is 63.3 Å². The summed E-state index contributed by atoms with van der Waals surface area (Å²) in [5.41, 5.74) is 4.49. The second-order valence-electron chi connectivity index (χ2n) is 3.11. The minimum atomic E-state index is -4.67. The van der Waals surface area contributed by atoms with Gasteiger partial charge in [0.05, 0.1) is 5.57 Å². The van der Waals surface area contributed by atoms with Gasteiger partial charge in [0, 0.05) is 12.1 Å². The lowest BCUT2D eigenvalue weighted by Crippen LogP contribution is -2.41. The lowest BCUT2D eigenvalue weighted by molar-refractivity contribution is -0.150. The van der Waals surface area contributed by atoms with E-state index >= 15 is 0 Å². The van der Waals surface area contributed by atoms with Crippen LogP contribution in [-0.4, -0.2) is 22.1 Å². The number of carboxylic acids is 1. The Morgan fingerprint density at radius 2 is 2.13 bits per heavy atom. The zero-order chi connectivity index (χ0) is 11.9. The van der Waals surface area contributed by atoms with Gasteiger partial charge in [-0.2, -0.15) is 13.2 Å². The number of aliphatic carboxylic acids is 1. The number of nitrogens with two attached hydrogens (primary N) is 1. The van der Waals surface area contributed by atoms with Gasteiger partial charge in [0.1, 0.15) is 0 Å². The van der Waals surface area contributed by atoms with Gasteiger partial charge in [-0.1, -0.05) is 6.08 Å². The number of halogens is 4. The van der Waals surface area contributed by atoms with Gasteiger partial charge >= 0.3 is 12.1 Å². The normalized spacial score (nSPS) is 26.9. The molecule has 3 nitrogen and oxygen atoms in total. The summed E-state index contributed by atoms with van der Waals surface area (Å²) in [4.78, 5) is 7.91. The van der Waals surface area contributed by atoms with E-state index in [1.54, 1.807) is 0 Å². The van der Waals surface area contributed by atoms with Crippen molar-refractivity contribution >= 4 is 17.6 Å². The predicted octanol–water partition coefficient (Wildman–Crippen LogP) is 1.78. The quantitative estimate of drug-likeness (QED) is 0.688. The van der Waals surface area contributed by atoms with Crippen LogP contribution in [0.3, 0.4) is 0 Å². The molecular formula is C8H7ClF3NO2. The summed E-state index contributed by atoms with van der Waals surface area (Å²) in [6, 6.07) is 0. The fourth-order valence-corrected chi connectivity index (χ4v) is 1.36. The van der Waals surface area contributed by atoms with E-state index in [0.717, 1.165) is 6.08 Å². The number of hydrogen-bond acceptors (Lipinski definition) is 2. The summed E-state index contributed by atoms with van der Waals surface area (Å²) in [6.45, 7) is 0. The van der Waals surface area contributed by atoms with Gasteiger partial charge in [-0.05, 0) is 6.08 Å². The Kier molecular flexibility index (Phi) is 2.73. The van der Waals surface area contributed by atoms with E-state index in [0.29, 0.717) is 6.08 Å². The number of alkyl halides is 4. The Morgan fingerprint density at radius 3 is 2.47 bits per heavy atom. The molecule has 84 valence electrons. The first-order chi connectivity index (χ1) is 6.67. The number of carbonyl (C=O) groups is 1. The summed E-state index contributed by atoms with van der Waals surface area (Å²) in [5, 5.41) is 8.57. The molecule has 0 bridgehead atoms. The van der Waals surface area contributed by atoms with Crippen molar-refractivity contribution in [2.45, 2.75) is 17.5 Å². The highest BCUT2D eigenvalue weighted by Crippen LogP contribution is 2.43. The maximum absolute atomic E-state index is 12.4. The van der Waals surface area contributed by atoms with Crippen LogP contribution in [0.2, 0.25) is 0 Å². The molecular weight excluding hydrogens is 235 g/mol. The summed E-state index contributed by atoms with van der Waals surface area (Å²) >= 11 is 5.30. The average Bonchev–Trinajstić information content (AvgIpc) is 2.00. The van der Waals surface area contributed by atoms with E-state index in [1.807, 2.05) is 0 Å². The number of allylic oxidation sites excluding steroid dienone is 2. The molecule has 1 atom stereocenters. The van der Waals surface area contributed by atoms with E-state index in [2.05, 4.69) is 0 Å². The van der Waals surface area contributed by atoms with Crippen LogP contribution in [0.1, 0.15) is 6.42 Å². The Morgan fingerprint density at radius 1 is 1.60 bits per heavy atom. The predicted molar refractivity (Wildman–Crippen MR) is 47.2 cm³/mol. The highest BCUT2D eigenvalue weighted by atomic mass is 35.5. The second-order valence-corrected chi connectivity index (χ2v) is 3.79. The second kappa shape index (κ2) is 3.44. The lowest BCUT2D eigenvalue weighted by Gasteiger charge is -2.29. The fourth-order valence-electron chi connectivity index (χ4n) is 1.16. The highest BCUT2D eigenvalue weighted by Gasteiger charge is 2.53. The van der Waals surface area contributed by atoms with Gasteiger partial charge in [-0.15, -0.1) is 11.6 Å². The molecule has 0 aromatic carbocycles. The maximum atomic E-state index is 12.4. The van der Waals surface area contributed by atoms with Gasteiger partial charge in [0.2, 0.25) is 0 Å². The summed E-state index contributed by atoms with van der Waals surface area (Å²) < 4.78 is 37.3. The van der Waals surface area contributed by atoms with E-state index < -0.39 is 23.4 Å². The van der Waals surface area contributed by atoms with Crippen LogP contribution in [0.25, 0.3) is 0 Å². The minimum Gasteiger partial charge on any atom is -0.478 e. The average molecular weight is 242 g/mol. The summed E-state index contributed by atoms with van der Waals surface area (Å²) in [6.07, 6.45) is -4.04. The zero-order valence-electron chi connectivity index (χ0n) is 7.31. The van der Waals surface area contributed by atoms with Crippen LogP contribution in [0.5, 0.6) is 0 Å². The van der Waals surface area contributed by atoms with E-state index in [4.69, 9.17) is 22.4 Å². The van der Waals surface area contributed by atoms with Crippen LogP contribution in [0, 0.1) is 0 Å². The molecule has 0 saturated heterocycles. The lowest BCUT2D eigenvalue weighted by atomic mass is 9.92. The molecule has 0 amide bonds. The van der Waals surface area contributed by atoms with Crippen molar-refractivity contribution in [1.29, 1.82) is 0 Å². The van der Waals surface area contributed by atoms with E-state index in [9.17, 15) is 18.0 Å². The first kappa shape index (κ1) is 11.9. The third-order valence-electron chi connectivity index (χ3n) is 2.01. The first-order valence-corrected chi connectivity index (χ1v) is 4.22. The van der Waals surface area contributed by atoms with Gasteiger partial charge in [-0.3, -0.25) is 0 Å². The molecule has 1 aliphatic carbocycles. The monoisotopic (exact) mass is 241 g/mol. The molecule has 1 aliphatic rings. The maximum Gasteiger partial charge on any atom is 0.411 e. The molecule has 0 aliphatic heterocycles. The molecule has 1 rings (SSSR count). The molecule has 7 heteroatoms. The molecule has 3 N–H and O–H groups in total. The van der Waals surface area contributed by atoms with E-state index in [-0.39, 0.29) is 11.3 Å². The van der Waals surface area contributed by atoms with E-state index in [1.165, 1.54) is 0 Å². The van der Waals surface area contributed by atoms with Crippen LogP contribution in [-0.2, 0) is 4.79 Å². The molecule has 0 aromatic rings. The molecule has 0 fully saturated rings. The summed E-state index contributed by atoms with van der Waals surface area (Å²) in [7, 11) is 0. The molecule has 1 unspecified atom stereocenters. The molecule has 0 spiro atoms. The Bertz CT molecular complexity index is 361. The molecule has 0 heterocycles. The van der Waals surface area contributed by atoms with Crippen molar-refractivity contribution in [2.75, 3.05) is 0 Å². The van der Waals surface area contributed by atoms with Crippen molar-refractivity contribution in [3.05, 3.63) is 23.4 Å². The van der Waals surface area contributed by atoms with Crippen molar-refractivity contribution in [3.63, 3.8) is 0 Å². The van der Waals surface area contributed by atoms with Crippen molar-refractivity contribution in [1.82, 2.24) is 0 Å². The molecule has 0 aromatic heterocycles. The van der Waals surface area contributed by atoms with Crippen LogP contribution in [0.4, 0.5) is 13.2 Å². The van der Waals surface area contributed by atoms with Crippen LogP contribution < -0.4 is 5.73 Å². The first-order valence-electron chi connectivity index (χ1n) is 3.84. The SMILES string of the molecule is NC1=C(C(=O)O)C=CC(Cl)(C(F)(F)F)C1.